The summed E-state index contributed by atoms with van der Waals surface area (Å²) in [5, 5.41) is 0. The van der Waals surface area contributed by atoms with Crippen molar-refractivity contribution in [2.75, 3.05) is 24.8 Å². The van der Waals surface area contributed by atoms with Gasteiger partial charge in [0.2, 0.25) is 0 Å². The van der Waals surface area contributed by atoms with Gasteiger partial charge in [0.05, 0.1) is 12.8 Å². The molecule has 0 atom stereocenters. The fourth-order valence-electron chi connectivity index (χ4n) is 2.02. The van der Waals surface area contributed by atoms with Gasteiger partial charge in [-0.2, -0.15) is 0 Å². The average Bonchev–Trinajstić information content (AvgIpc) is 2.42. The van der Waals surface area contributed by atoms with Crippen LogP contribution in [0.5, 0.6) is 5.75 Å². The van der Waals surface area contributed by atoms with E-state index in [0.29, 0.717) is 6.54 Å². The van der Waals surface area contributed by atoms with E-state index in [1.807, 2.05) is 49.2 Å². The first kappa shape index (κ1) is 13.2. The SMILES string of the molecule is COc1ccccc1CN(C)c1nccc(C)c1N. The molecular weight excluding hydrogens is 238 g/mol. The van der Waals surface area contributed by atoms with Gasteiger partial charge in [-0.05, 0) is 24.6 Å². The van der Waals surface area contributed by atoms with Crippen LogP contribution < -0.4 is 15.4 Å². The predicted molar refractivity (Wildman–Crippen MR) is 78.5 cm³/mol. The number of rotatable bonds is 4. The van der Waals surface area contributed by atoms with E-state index in [9.17, 15) is 0 Å². The third-order valence-corrected chi connectivity index (χ3v) is 3.15. The molecule has 0 fully saturated rings. The number of methoxy groups -OCH3 is 1. The number of nitrogens with zero attached hydrogens (tertiary/aromatic N) is 2. The van der Waals surface area contributed by atoms with Crippen LogP contribution in [0.2, 0.25) is 0 Å². The third kappa shape index (κ3) is 2.78. The molecule has 0 spiro atoms. The molecule has 0 aliphatic carbocycles. The summed E-state index contributed by atoms with van der Waals surface area (Å²) in [4.78, 5) is 6.38. The van der Waals surface area contributed by atoms with Gasteiger partial charge in [-0.3, -0.25) is 0 Å². The molecule has 4 heteroatoms. The number of benzene rings is 1. The van der Waals surface area contributed by atoms with E-state index in [0.717, 1.165) is 28.4 Å². The Hall–Kier alpha value is -2.23. The van der Waals surface area contributed by atoms with Crippen LogP contribution in [-0.2, 0) is 6.54 Å². The second-order valence-corrected chi connectivity index (χ2v) is 4.53. The van der Waals surface area contributed by atoms with Crippen molar-refractivity contribution in [1.82, 2.24) is 4.98 Å². The highest BCUT2D eigenvalue weighted by atomic mass is 16.5. The van der Waals surface area contributed by atoms with Crippen molar-refractivity contribution in [3.63, 3.8) is 0 Å². The van der Waals surface area contributed by atoms with Crippen LogP contribution in [0.25, 0.3) is 0 Å². The maximum Gasteiger partial charge on any atom is 0.152 e. The van der Waals surface area contributed by atoms with E-state index < -0.39 is 0 Å². The lowest BCUT2D eigenvalue weighted by Gasteiger charge is -2.21. The van der Waals surface area contributed by atoms with Crippen LogP contribution in [0, 0.1) is 6.92 Å². The molecule has 0 aliphatic rings. The van der Waals surface area contributed by atoms with Gasteiger partial charge in [0, 0.05) is 25.4 Å². The zero-order chi connectivity index (χ0) is 13.8. The molecule has 0 radical (unpaired) electrons. The minimum absolute atomic E-state index is 0.699. The molecule has 2 aromatic rings. The lowest BCUT2D eigenvalue weighted by atomic mass is 10.2. The summed E-state index contributed by atoms with van der Waals surface area (Å²) >= 11 is 0. The lowest BCUT2D eigenvalue weighted by molar-refractivity contribution is 0.409. The monoisotopic (exact) mass is 257 g/mol. The Kier molecular flexibility index (Phi) is 3.90. The van der Waals surface area contributed by atoms with E-state index in [-0.39, 0.29) is 0 Å². The van der Waals surface area contributed by atoms with Gasteiger partial charge in [-0.1, -0.05) is 18.2 Å². The van der Waals surface area contributed by atoms with Crippen molar-refractivity contribution in [2.45, 2.75) is 13.5 Å². The average molecular weight is 257 g/mol. The molecule has 2 rings (SSSR count). The van der Waals surface area contributed by atoms with Gasteiger partial charge < -0.3 is 15.4 Å². The van der Waals surface area contributed by atoms with Crippen LogP contribution in [0.15, 0.2) is 36.5 Å². The number of aryl methyl sites for hydroxylation is 1. The minimum Gasteiger partial charge on any atom is -0.496 e. The number of pyridine rings is 1. The Bertz CT molecular complexity index is 569. The molecular formula is C15H19N3O. The number of ether oxygens (including phenoxy) is 1. The highest BCUT2D eigenvalue weighted by molar-refractivity contribution is 5.66. The maximum atomic E-state index is 6.07. The van der Waals surface area contributed by atoms with Gasteiger partial charge in [0.1, 0.15) is 5.75 Å². The van der Waals surface area contributed by atoms with Gasteiger partial charge in [-0.15, -0.1) is 0 Å². The number of nitrogens with two attached hydrogens (primary N) is 1. The predicted octanol–water partition coefficient (Wildman–Crippen LogP) is 2.62. The van der Waals surface area contributed by atoms with Crippen LogP contribution in [0.3, 0.4) is 0 Å². The summed E-state index contributed by atoms with van der Waals surface area (Å²) in [7, 11) is 3.66. The summed E-state index contributed by atoms with van der Waals surface area (Å²) in [5.41, 5.74) is 8.94. The smallest absolute Gasteiger partial charge is 0.152 e. The Balaban J connectivity index is 2.26. The van der Waals surface area contributed by atoms with Crippen molar-refractivity contribution >= 4 is 11.5 Å². The largest absolute Gasteiger partial charge is 0.496 e. The van der Waals surface area contributed by atoms with Crippen molar-refractivity contribution in [2.24, 2.45) is 0 Å². The summed E-state index contributed by atoms with van der Waals surface area (Å²) in [6.07, 6.45) is 1.78. The van der Waals surface area contributed by atoms with E-state index in [2.05, 4.69) is 4.98 Å². The normalized spacial score (nSPS) is 10.3. The highest BCUT2D eigenvalue weighted by Crippen LogP contribution is 2.26. The molecule has 19 heavy (non-hydrogen) atoms. The number of aromatic nitrogens is 1. The highest BCUT2D eigenvalue weighted by Gasteiger charge is 2.11. The Morgan fingerprint density at radius 3 is 2.74 bits per heavy atom. The molecule has 0 unspecified atom stereocenters. The van der Waals surface area contributed by atoms with Crippen molar-refractivity contribution in [3.8, 4) is 5.75 Å². The first-order valence-corrected chi connectivity index (χ1v) is 6.17. The zero-order valence-corrected chi connectivity index (χ0v) is 11.6. The van der Waals surface area contributed by atoms with Gasteiger partial charge in [0.25, 0.3) is 0 Å². The molecule has 100 valence electrons. The second-order valence-electron chi connectivity index (χ2n) is 4.53. The molecule has 0 bridgehead atoms. The molecule has 0 aliphatic heterocycles. The van der Waals surface area contributed by atoms with Crippen LogP contribution in [-0.4, -0.2) is 19.1 Å². The minimum atomic E-state index is 0.699. The van der Waals surface area contributed by atoms with Crippen LogP contribution in [0.4, 0.5) is 11.5 Å². The standard InChI is InChI=1S/C15H19N3O/c1-11-8-9-17-15(14(11)16)18(2)10-12-6-4-5-7-13(12)19-3/h4-9H,10,16H2,1-3H3. The van der Waals surface area contributed by atoms with E-state index in [4.69, 9.17) is 10.5 Å². The summed E-state index contributed by atoms with van der Waals surface area (Å²) < 4.78 is 5.36. The van der Waals surface area contributed by atoms with Crippen molar-refractivity contribution in [3.05, 3.63) is 47.7 Å². The van der Waals surface area contributed by atoms with Crippen molar-refractivity contribution in [1.29, 1.82) is 0 Å². The topological polar surface area (TPSA) is 51.4 Å². The lowest BCUT2D eigenvalue weighted by Crippen LogP contribution is -2.20. The third-order valence-electron chi connectivity index (χ3n) is 3.15. The molecule has 4 nitrogen and oxygen atoms in total. The number of nitrogen functional groups attached to an aromatic ring is 1. The number of para-hydroxylation sites is 1. The molecule has 1 aromatic heterocycles. The van der Waals surface area contributed by atoms with Crippen molar-refractivity contribution < 1.29 is 4.74 Å². The fraction of sp³-hybridized carbons (Fsp3) is 0.267. The van der Waals surface area contributed by atoms with Gasteiger partial charge >= 0.3 is 0 Å². The Labute approximate surface area is 113 Å². The molecule has 0 saturated heterocycles. The van der Waals surface area contributed by atoms with E-state index in [1.165, 1.54) is 0 Å². The van der Waals surface area contributed by atoms with Gasteiger partial charge in [-0.25, -0.2) is 4.98 Å². The van der Waals surface area contributed by atoms with E-state index >= 15 is 0 Å². The first-order chi connectivity index (χ1) is 9.13. The first-order valence-electron chi connectivity index (χ1n) is 6.17. The summed E-state index contributed by atoms with van der Waals surface area (Å²) in [6.45, 7) is 2.68. The molecule has 0 saturated carbocycles. The Morgan fingerprint density at radius 1 is 1.26 bits per heavy atom. The Morgan fingerprint density at radius 2 is 2.00 bits per heavy atom. The van der Waals surface area contributed by atoms with E-state index in [1.54, 1.807) is 13.3 Å². The molecule has 2 N–H and O–H groups in total. The maximum absolute atomic E-state index is 6.07. The molecule has 0 amide bonds. The quantitative estimate of drug-likeness (QED) is 0.914. The zero-order valence-electron chi connectivity index (χ0n) is 11.6. The van der Waals surface area contributed by atoms with Crippen LogP contribution in [0.1, 0.15) is 11.1 Å². The van der Waals surface area contributed by atoms with Gasteiger partial charge in [0.15, 0.2) is 5.82 Å². The molecule has 1 heterocycles. The fourth-order valence-corrected chi connectivity index (χ4v) is 2.02. The number of hydrogen-bond acceptors (Lipinski definition) is 4. The second kappa shape index (κ2) is 5.61. The number of hydrogen-bond donors (Lipinski definition) is 1. The summed E-state index contributed by atoms with van der Waals surface area (Å²) in [6, 6.07) is 9.87. The number of anilines is 2. The van der Waals surface area contributed by atoms with Crippen LogP contribution >= 0.6 is 0 Å². The summed E-state index contributed by atoms with van der Waals surface area (Å²) in [5.74, 6) is 1.67. The molecule has 1 aromatic carbocycles.